The molecule has 0 bridgehead atoms. The Labute approximate surface area is 115 Å². The average molecular weight is 282 g/mol. The number of aryl methyl sites for hydroxylation is 1. The van der Waals surface area contributed by atoms with Crippen LogP contribution in [0.15, 0.2) is 4.52 Å². The number of carboxylic acid groups (broad SMARTS) is 1. The summed E-state index contributed by atoms with van der Waals surface area (Å²) in [6.07, 6.45) is 2.98. The minimum atomic E-state index is -1.12. The second-order valence-corrected chi connectivity index (χ2v) is 4.96. The zero-order chi connectivity index (χ0) is 14.6. The van der Waals surface area contributed by atoms with Crippen LogP contribution in [0.1, 0.15) is 37.4 Å². The third-order valence-corrected chi connectivity index (χ3v) is 3.41. The number of rotatable bonds is 5. The number of aliphatic carboxylic acids is 1. The van der Waals surface area contributed by atoms with Gasteiger partial charge in [-0.05, 0) is 19.8 Å². The van der Waals surface area contributed by atoms with Crippen molar-refractivity contribution >= 4 is 12.0 Å². The maximum absolute atomic E-state index is 11.8. The molecule has 1 aliphatic carbocycles. The molecule has 1 aromatic heterocycles. The summed E-state index contributed by atoms with van der Waals surface area (Å²) in [4.78, 5) is 27.0. The van der Waals surface area contributed by atoms with Gasteiger partial charge in [-0.15, -0.1) is 0 Å². The van der Waals surface area contributed by atoms with E-state index in [1.165, 1.54) is 0 Å². The van der Waals surface area contributed by atoms with Gasteiger partial charge in [0.1, 0.15) is 5.54 Å². The van der Waals surface area contributed by atoms with Gasteiger partial charge in [0.05, 0.1) is 0 Å². The number of aromatic nitrogens is 2. The van der Waals surface area contributed by atoms with E-state index in [0.717, 1.165) is 12.8 Å². The summed E-state index contributed by atoms with van der Waals surface area (Å²) in [6, 6.07) is -0.481. The van der Waals surface area contributed by atoms with Gasteiger partial charge in [-0.25, -0.2) is 9.59 Å². The van der Waals surface area contributed by atoms with Gasteiger partial charge in [-0.2, -0.15) is 4.98 Å². The predicted molar refractivity (Wildman–Crippen MR) is 68.1 cm³/mol. The van der Waals surface area contributed by atoms with Crippen LogP contribution in [-0.4, -0.2) is 39.3 Å². The van der Waals surface area contributed by atoms with Crippen molar-refractivity contribution in [2.75, 3.05) is 6.54 Å². The molecule has 1 fully saturated rings. The van der Waals surface area contributed by atoms with Gasteiger partial charge in [0.25, 0.3) is 0 Å². The highest BCUT2D eigenvalue weighted by Gasteiger charge is 2.42. The number of carbonyl (C=O) groups is 2. The molecule has 1 heterocycles. The first-order valence-corrected chi connectivity index (χ1v) is 6.60. The molecule has 0 radical (unpaired) electrons. The number of nitrogens with zero attached hydrogens (tertiary/aromatic N) is 2. The van der Waals surface area contributed by atoms with Crippen molar-refractivity contribution in [1.29, 1.82) is 0 Å². The summed E-state index contributed by atoms with van der Waals surface area (Å²) < 4.78 is 4.91. The second-order valence-electron chi connectivity index (χ2n) is 4.96. The second kappa shape index (κ2) is 5.89. The lowest BCUT2D eigenvalue weighted by Crippen LogP contribution is -2.55. The Morgan fingerprint density at radius 2 is 2.10 bits per heavy atom. The Bertz CT molecular complexity index is 493. The lowest BCUT2D eigenvalue weighted by Gasteiger charge is -2.25. The van der Waals surface area contributed by atoms with Gasteiger partial charge in [0.2, 0.25) is 5.89 Å². The fourth-order valence-corrected chi connectivity index (χ4v) is 2.36. The van der Waals surface area contributed by atoms with Crippen molar-refractivity contribution in [3.63, 3.8) is 0 Å². The molecule has 2 rings (SSSR count). The third kappa shape index (κ3) is 3.25. The molecule has 0 saturated heterocycles. The van der Waals surface area contributed by atoms with Crippen molar-refractivity contribution in [3.05, 3.63) is 11.7 Å². The molecule has 1 saturated carbocycles. The van der Waals surface area contributed by atoms with E-state index < -0.39 is 17.5 Å². The first kappa shape index (κ1) is 14.3. The van der Waals surface area contributed by atoms with E-state index in [1.807, 2.05) is 0 Å². The third-order valence-electron chi connectivity index (χ3n) is 3.41. The van der Waals surface area contributed by atoms with Crippen LogP contribution in [0.2, 0.25) is 0 Å². The summed E-state index contributed by atoms with van der Waals surface area (Å²) in [5.74, 6) is 0.00882. The molecule has 20 heavy (non-hydrogen) atoms. The average Bonchev–Trinajstić information content (AvgIpc) is 2.99. The van der Waals surface area contributed by atoms with Crippen LogP contribution in [0.25, 0.3) is 0 Å². The topological polar surface area (TPSA) is 117 Å². The Morgan fingerprint density at radius 1 is 1.40 bits per heavy atom. The van der Waals surface area contributed by atoms with Crippen molar-refractivity contribution in [2.45, 2.75) is 44.6 Å². The standard InChI is InChI=1S/C12H18N4O4/c1-8-14-9(20-16-8)4-7-13-11(19)15-12(10(17)18)5-2-3-6-12/h2-7H2,1H3,(H,17,18)(H2,13,15,19). The number of nitrogens with one attached hydrogen (secondary N) is 2. The van der Waals surface area contributed by atoms with Crippen LogP contribution in [0.5, 0.6) is 0 Å². The van der Waals surface area contributed by atoms with Gasteiger partial charge in [0.15, 0.2) is 5.82 Å². The van der Waals surface area contributed by atoms with Crippen molar-refractivity contribution < 1.29 is 19.2 Å². The van der Waals surface area contributed by atoms with E-state index in [0.29, 0.717) is 37.5 Å². The Hall–Kier alpha value is -2.12. The van der Waals surface area contributed by atoms with Crippen LogP contribution in [-0.2, 0) is 11.2 Å². The number of hydrogen-bond acceptors (Lipinski definition) is 5. The summed E-state index contributed by atoms with van der Waals surface area (Å²) in [5.41, 5.74) is -1.12. The predicted octanol–water partition coefficient (Wildman–Crippen LogP) is 0.617. The van der Waals surface area contributed by atoms with E-state index in [2.05, 4.69) is 20.8 Å². The molecule has 3 N–H and O–H groups in total. The zero-order valence-corrected chi connectivity index (χ0v) is 11.3. The normalized spacial score (nSPS) is 16.9. The summed E-state index contributed by atoms with van der Waals surface area (Å²) in [5, 5.41) is 18.1. The highest BCUT2D eigenvalue weighted by Crippen LogP contribution is 2.29. The molecule has 0 spiro atoms. The molecule has 0 atom stereocenters. The van der Waals surface area contributed by atoms with Gasteiger partial charge in [0, 0.05) is 13.0 Å². The van der Waals surface area contributed by atoms with E-state index in [1.54, 1.807) is 6.92 Å². The molecule has 8 nitrogen and oxygen atoms in total. The monoisotopic (exact) mass is 282 g/mol. The van der Waals surface area contributed by atoms with Crippen LogP contribution < -0.4 is 10.6 Å². The summed E-state index contributed by atoms with van der Waals surface area (Å²) in [7, 11) is 0. The van der Waals surface area contributed by atoms with Crippen molar-refractivity contribution in [1.82, 2.24) is 20.8 Å². The first-order chi connectivity index (χ1) is 9.52. The Kier molecular flexibility index (Phi) is 4.21. The van der Waals surface area contributed by atoms with Gasteiger partial charge < -0.3 is 20.3 Å². The van der Waals surface area contributed by atoms with Gasteiger partial charge in [-0.1, -0.05) is 18.0 Å². The molecule has 1 aromatic rings. The van der Waals surface area contributed by atoms with Crippen molar-refractivity contribution in [2.24, 2.45) is 0 Å². The van der Waals surface area contributed by atoms with Crippen LogP contribution in [0.4, 0.5) is 4.79 Å². The molecule has 0 aliphatic heterocycles. The molecule has 110 valence electrons. The largest absolute Gasteiger partial charge is 0.480 e. The molecule has 2 amide bonds. The smallest absolute Gasteiger partial charge is 0.329 e. The molecule has 0 unspecified atom stereocenters. The molecular weight excluding hydrogens is 264 g/mol. The molecule has 8 heteroatoms. The minimum Gasteiger partial charge on any atom is -0.480 e. The SMILES string of the molecule is Cc1noc(CCNC(=O)NC2(C(=O)O)CCCC2)n1. The molecule has 1 aliphatic rings. The van der Waals surface area contributed by atoms with Crippen molar-refractivity contribution in [3.8, 4) is 0 Å². The van der Waals surface area contributed by atoms with Crippen LogP contribution in [0.3, 0.4) is 0 Å². The number of carbonyl (C=O) groups excluding carboxylic acids is 1. The maximum Gasteiger partial charge on any atom is 0.329 e. The number of urea groups is 1. The summed E-state index contributed by atoms with van der Waals surface area (Å²) in [6.45, 7) is 2.02. The highest BCUT2D eigenvalue weighted by atomic mass is 16.5. The minimum absolute atomic E-state index is 0.309. The molecular formula is C12H18N4O4. The van der Waals surface area contributed by atoms with E-state index in [9.17, 15) is 14.7 Å². The van der Waals surface area contributed by atoms with Crippen LogP contribution in [0, 0.1) is 6.92 Å². The van der Waals surface area contributed by atoms with Crippen LogP contribution >= 0.6 is 0 Å². The van der Waals surface area contributed by atoms with E-state index in [4.69, 9.17) is 4.52 Å². The fraction of sp³-hybridized carbons (Fsp3) is 0.667. The maximum atomic E-state index is 11.8. The Balaban J connectivity index is 1.78. The lowest BCUT2D eigenvalue weighted by atomic mass is 9.98. The number of hydrogen-bond donors (Lipinski definition) is 3. The Morgan fingerprint density at radius 3 is 2.65 bits per heavy atom. The number of amides is 2. The fourth-order valence-electron chi connectivity index (χ4n) is 2.36. The van der Waals surface area contributed by atoms with E-state index >= 15 is 0 Å². The number of carboxylic acids is 1. The highest BCUT2D eigenvalue weighted by molar-refractivity contribution is 5.86. The van der Waals surface area contributed by atoms with E-state index in [-0.39, 0.29) is 0 Å². The summed E-state index contributed by atoms with van der Waals surface area (Å²) >= 11 is 0. The molecule has 0 aromatic carbocycles. The quantitative estimate of drug-likeness (QED) is 0.728. The van der Waals surface area contributed by atoms with Gasteiger partial charge >= 0.3 is 12.0 Å². The first-order valence-electron chi connectivity index (χ1n) is 6.60. The van der Waals surface area contributed by atoms with Gasteiger partial charge in [-0.3, -0.25) is 0 Å². The lowest BCUT2D eigenvalue weighted by molar-refractivity contribution is -0.144. The zero-order valence-electron chi connectivity index (χ0n) is 11.3.